The van der Waals surface area contributed by atoms with Gasteiger partial charge in [-0.1, -0.05) is 38.1 Å². The molecule has 0 aliphatic rings. The van der Waals surface area contributed by atoms with Gasteiger partial charge in [-0.05, 0) is 30.4 Å². The Morgan fingerprint density at radius 1 is 1.35 bits per heavy atom. The molecule has 0 aromatic heterocycles. The Kier molecular flexibility index (Phi) is 5.56. The van der Waals surface area contributed by atoms with Gasteiger partial charge in [0.25, 0.3) is 0 Å². The molecular formula is C14H21NOS. The van der Waals surface area contributed by atoms with Crippen LogP contribution in [-0.4, -0.2) is 17.7 Å². The Balaban J connectivity index is 2.38. The molecule has 0 heterocycles. The molecule has 0 bridgehead atoms. The lowest BCUT2D eigenvalue weighted by atomic mass is 10.1. The lowest BCUT2D eigenvalue weighted by Gasteiger charge is -2.14. The average molecular weight is 251 g/mol. The molecule has 1 aromatic carbocycles. The molecular weight excluding hydrogens is 230 g/mol. The van der Waals surface area contributed by atoms with Crippen molar-refractivity contribution in [2.45, 2.75) is 32.4 Å². The van der Waals surface area contributed by atoms with E-state index in [-0.39, 0.29) is 17.1 Å². The number of amides is 1. The second kappa shape index (κ2) is 6.70. The SMILES string of the molecule is Cc1ccccc1CCNC(=O)C(S)C(C)C. The highest BCUT2D eigenvalue weighted by atomic mass is 32.1. The Bertz CT molecular complexity index is 376. The van der Waals surface area contributed by atoms with Crippen LogP contribution in [0.5, 0.6) is 0 Å². The van der Waals surface area contributed by atoms with Crippen LogP contribution in [0, 0.1) is 12.8 Å². The number of rotatable bonds is 5. The summed E-state index contributed by atoms with van der Waals surface area (Å²) in [4.78, 5) is 11.7. The van der Waals surface area contributed by atoms with Gasteiger partial charge in [0, 0.05) is 6.54 Å². The van der Waals surface area contributed by atoms with E-state index in [1.165, 1.54) is 11.1 Å². The van der Waals surface area contributed by atoms with Crippen molar-refractivity contribution in [3.8, 4) is 0 Å². The van der Waals surface area contributed by atoms with Crippen LogP contribution < -0.4 is 5.32 Å². The largest absolute Gasteiger partial charge is 0.355 e. The topological polar surface area (TPSA) is 29.1 Å². The summed E-state index contributed by atoms with van der Waals surface area (Å²) in [6, 6.07) is 8.24. The second-order valence-corrected chi connectivity index (χ2v) is 5.21. The molecule has 1 amide bonds. The number of thiol groups is 1. The average Bonchev–Trinajstić information content (AvgIpc) is 2.30. The molecule has 94 valence electrons. The molecule has 3 heteroatoms. The first-order valence-corrected chi connectivity index (χ1v) is 6.54. The van der Waals surface area contributed by atoms with Crippen molar-refractivity contribution in [3.63, 3.8) is 0 Å². The van der Waals surface area contributed by atoms with Crippen LogP contribution >= 0.6 is 12.6 Å². The van der Waals surface area contributed by atoms with E-state index in [0.717, 1.165) is 6.42 Å². The fraction of sp³-hybridized carbons (Fsp3) is 0.500. The summed E-state index contributed by atoms with van der Waals surface area (Å²) < 4.78 is 0. The van der Waals surface area contributed by atoms with Crippen molar-refractivity contribution in [1.82, 2.24) is 5.32 Å². The number of aryl methyl sites for hydroxylation is 1. The maximum Gasteiger partial charge on any atom is 0.233 e. The third-order valence-corrected chi connectivity index (χ3v) is 3.69. The van der Waals surface area contributed by atoms with Gasteiger partial charge in [-0.2, -0.15) is 12.6 Å². The summed E-state index contributed by atoms with van der Waals surface area (Å²) in [5, 5.41) is 2.71. The Labute approximate surface area is 109 Å². The predicted octanol–water partition coefficient (Wildman–Crippen LogP) is 2.61. The van der Waals surface area contributed by atoms with Gasteiger partial charge in [-0.25, -0.2) is 0 Å². The van der Waals surface area contributed by atoms with Crippen molar-refractivity contribution in [2.75, 3.05) is 6.54 Å². The van der Waals surface area contributed by atoms with Crippen molar-refractivity contribution in [3.05, 3.63) is 35.4 Å². The van der Waals surface area contributed by atoms with E-state index in [1.807, 2.05) is 26.0 Å². The lowest BCUT2D eigenvalue weighted by Crippen LogP contribution is -2.35. The molecule has 0 spiro atoms. The van der Waals surface area contributed by atoms with Crippen molar-refractivity contribution < 1.29 is 4.79 Å². The summed E-state index contributed by atoms with van der Waals surface area (Å²) in [5.41, 5.74) is 2.56. The van der Waals surface area contributed by atoms with Crippen LogP contribution in [0.3, 0.4) is 0 Å². The smallest absolute Gasteiger partial charge is 0.233 e. The number of nitrogens with one attached hydrogen (secondary N) is 1. The zero-order valence-electron chi connectivity index (χ0n) is 10.7. The van der Waals surface area contributed by atoms with E-state index in [1.54, 1.807) is 0 Å². The highest BCUT2D eigenvalue weighted by Crippen LogP contribution is 2.09. The monoisotopic (exact) mass is 251 g/mol. The van der Waals surface area contributed by atoms with Gasteiger partial charge in [-0.3, -0.25) is 4.79 Å². The Morgan fingerprint density at radius 3 is 2.59 bits per heavy atom. The standard InChI is InChI=1S/C14H21NOS/c1-10(2)13(17)14(16)15-9-8-12-7-5-4-6-11(12)3/h4-7,10,13,17H,8-9H2,1-3H3,(H,15,16). The molecule has 2 nitrogen and oxygen atoms in total. The predicted molar refractivity (Wildman–Crippen MR) is 75.5 cm³/mol. The zero-order valence-corrected chi connectivity index (χ0v) is 11.6. The van der Waals surface area contributed by atoms with Gasteiger partial charge in [0.05, 0.1) is 5.25 Å². The Hall–Kier alpha value is -0.960. The summed E-state index contributed by atoms with van der Waals surface area (Å²) in [7, 11) is 0. The maximum atomic E-state index is 11.7. The van der Waals surface area contributed by atoms with Crippen LogP contribution in [0.1, 0.15) is 25.0 Å². The van der Waals surface area contributed by atoms with Crippen LogP contribution in [0.4, 0.5) is 0 Å². The number of carbonyl (C=O) groups excluding carboxylic acids is 1. The van der Waals surface area contributed by atoms with E-state index in [4.69, 9.17) is 0 Å². The summed E-state index contributed by atoms with van der Waals surface area (Å²) in [6.07, 6.45) is 0.872. The zero-order chi connectivity index (χ0) is 12.8. The minimum absolute atomic E-state index is 0.0249. The number of carbonyl (C=O) groups is 1. The van der Waals surface area contributed by atoms with Gasteiger partial charge in [0.2, 0.25) is 5.91 Å². The van der Waals surface area contributed by atoms with Crippen LogP contribution in [0.25, 0.3) is 0 Å². The van der Waals surface area contributed by atoms with Crippen LogP contribution in [-0.2, 0) is 11.2 Å². The maximum absolute atomic E-state index is 11.7. The number of hydrogen-bond acceptors (Lipinski definition) is 2. The fourth-order valence-electron chi connectivity index (χ4n) is 1.62. The van der Waals surface area contributed by atoms with Crippen molar-refractivity contribution >= 4 is 18.5 Å². The molecule has 0 fully saturated rings. The third-order valence-electron chi connectivity index (χ3n) is 2.85. The van der Waals surface area contributed by atoms with E-state index < -0.39 is 0 Å². The lowest BCUT2D eigenvalue weighted by molar-refractivity contribution is -0.121. The van der Waals surface area contributed by atoms with Crippen molar-refractivity contribution in [2.24, 2.45) is 5.92 Å². The first-order valence-electron chi connectivity index (χ1n) is 6.02. The van der Waals surface area contributed by atoms with E-state index >= 15 is 0 Å². The molecule has 0 saturated carbocycles. The van der Waals surface area contributed by atoms with Gasteiger partial charge in [0.1, 0.15) is 0 Å². The molecule has 0 aliphatic heterocycles. The number of benzene rings is 1. The molecule has 0 saturated heterocycles. The molecule has 1 rings (SSSR count). The van der Waals surface area contributed by atoms with Gasteiger partial charge >= 0.3 is 0 Å². The first-order chi connectivity index (χ1) is 8.02. The minimum Gasteiger partial charge on any atom is -0.355 e. The molecule has 0 aliphatic carbocycles. The molecule has 1 atom stereocenters. The second-order valence-electron chi connectivity index (χ2n) is 4.66. The van der Waals surface area contributed by atoms with Gasteiger partial charge < -0.3 is 5.32 Å². The van der Waals surface area contributed by atoms with Gasteiger partial charge in [-0.15, -0.1) is 0 Å². The molecule has 17 heavy (non-hydrogen) atoms. The van der Waals surface area contributed by atoms with E-state index in [2.05, 4.69) is 37.0 Å². The van der Waals surface area contributed by atoms with Crippen molar-refractivity contribution in [1.29, 1.82) is 0 Å². The quantitative estimate of drug-likeness (QED) is 0.774. The highest BCUT2D eigenvalue weighted by molar-refractivity contribution is 7.81. The van der Waals surface area contributed by atoms with E-state index in [0.29, 0.717) is 6.54 Å². The van der Waals surface area contributed by atoms with Gasteiger partial charge in [0.15, 0.2) is 0 Å². The summed E-state index contributed by atoms with van der Waals surface area (Å²) in [5.74, 6) is 0.286. The molecule has 1 aromatic rings. The highest BCUT2D eigenvalue weighted by Gasteiger charge is 2.16. The molecule has 1 unspecified atom stereocenters. The third kappa shape index (κ3) is 4.43. The normalized spacial score (nSPS) is 12.5. The van der Waals surface area contributed by atoms with E-state index in [9.17, 15) is 4.79 Å². The summed E-state index contributed by atoms with van der Waals surface area (Å²) >= 11 is 4.29. The Morgan fingerprint density at radius 2 is 2.00 bits per heavy atom. The van der Waals surface area contributed by atoms with Crippen LogP contribution in [0.2, 0.25) is 0 Å². The number of hydrogen-bond donors (Lipinski definition) is 2. The van der Waals surface area contributed by atoms with Crippen LogP contribution in [0.15, 0.2) is 24.3 Å². The fourth-order valence-corrected chi connectivity index (χ4v) is 1.71. The molecule has 1 N–H and O–H groups in total. The minimum atomic E-state index is -0.216. The molecule has 0 radical (unpaired) electrons. The summed E-state index contributed by atoms with van der Waals surface area (Å²) in [6.45, 7) is 6.76. The first kappa shape index (κ1) is 14.1.